The monoisotopic (exact) mass is 248 g/mol. The quantitative estimate of drug-likeness (QED) is 0.825. The summed E-state index contributed by atoms with van der Waals surface area (Å²) >= 11 is 0. The molecule has 2 N–H and O–H groups in total. The highest BCUT2D eigenvalue weighted by molar-refractivity contribution is 5.76. The second-order valence-electron chi connectivity index (χ2n) is 4.88. The second-order valence-corrected chi connectivity index (χ2v) is 4.88. The number of rotatable bonds is 5. The van der Waals surface area contributed by atoms with Gasteiger partial charge in [-0.2, -0.15) is 0 Å². The topological polar surface area (TPSA) is 62.2 Å². The molecule has 2 unspecified atom stereocenters. The molecule has 0 aliphatic heterocycles. The predicted octanol–water partition coefficient (Wildman–Crippen LogP) is 1.29. The van der Waals surface area contributed by atoms with Crippen molar-refractivity contribution in [2.75, 3.05) is 6.54 Å². The number of hydrogen-bond donors (Lipinski definition) is 2. The maximum atomic E-state index is 11.7. The van der Waals surface area contributed by atoms with Gasteiger partial charge >= 0.3 is 0 Å². The molecule has 1 heterocycles. The van der Waals surface area contributed by atoms with Gasteiger partial charge in [0.15, 0.2) is 0 Å². The molecule has 0 saturated heterocycles. The van der Waals surface area contributed by atoms with Crippen LogP contribution in [0.4, 0.5) is 0 Å². The number of carbonyl (C=O) groups excluding carboxylic acids is 1. The normalized spacial score (nSPS) is 22.9. The lowest BCUT2D eigenvalue weighted by Gasteiger charge is -2.14. The number of nitrogens with one attached hydrogen (secondary N) is 1. The van der Waals surface area contributed by atoms with E-state index in [-0.39, 0.29) is 17.9 Å². The minimum Gasteiger partial charge on any atom is -0.393 e. The Balaban J connectivity index is 1.66. The number of pyridine rings is 1. The number of carbonyl (C=O) groups is 1. The molecule has 1 saturated carbocycles. The van der Waals surface area contributed by atoms with E-state index in [1.54, 1.807) is 6.20 Å². The predicted molar refractivity (Wildman–Crippen MR) is 68.9 cm³/mol. The maximum Gasteiger partial charge on any atom is 0.220 e. The zero-order valence-corrected chi connectivity index (χ0v) is 10.5. The zero-order valence-electron chi connectivity index (χ0n) is 10.5. The Bertz CT molecular complexity index is 381. The summed E-state index contributed by atoms with van der Waals surface area (Å²) in [6.45, 7) is 0.599. The summed E-state index contributed by atoms with van der Waals surface area (Å²) in [6, 6.07) is 5.72. The minimum atomic E-state index is -0.235. The average molecular weight is 248 g/mol. The van der Waals surface area contributed by atoms with Gasteiger partial charge in [0.2, 0.25) is 5.91 Å². The summed E-state index contributed by atoms with van der Waals surface area (Å²) in [5.74, 6) is 0.281. The number of aryl methyl sites for hydroxylation is 1. The molecule has 98 valence electrons. The van der Waals surface area contributed by atoms with Gasteiger partial charge in [0.05, 0.1) is 6.10 Å². The van der Waals surface area contributed by atoms with Gasteiger partial charge in [-0.05, 0) is 31.4 Å². The van der Waals surface area contributed by atoms with Crippen molar-refractivity contribution in [2.24, 2.45) is 5.92 Å². The van der Waals surface area contributed by atoms with E-state index >= 15 is 0 Å². The Morgan fingerprint density at radius 1 is 1.44 bits per heavy atom. The van der Waals surface area contributed by atoms with E-state index in [0.29, 0.717) is 19.4 Å². The van der Waals surface area contributed by atoms with Crippen LogP contribution in [0.15, 0.2) is 24.4 Å². The summed E-state index contributed by atoms with van der Waals surface area (Å²) in [7, 11) is 0. The molecule has 0 spiro atoms. The van der Waals surface area contributed by atoms with Crippen LogP contribution < -0.4 is 5.32 Å². The zero-order chi connectivity index (χ0) is 12.8. The van der Waals surface area contributed by atoms with Crippen molar-refractivity contribution >= 4 is 5.91 Å². The lowest BCUT2D eigenvalue weighted by molar-refractivity contribution is -0.121. The summed E-state index contributed by atoms with van der Waals surface area (Å²) < 4.78 is 0. The fraction of sp³-hybridized carbons (Fsp3) is 0.571. The van der Waals surface area contributed by atoms with Crippen LogP contribution in [0.1, 0.15) is 31.4 Å². The van der Waals surface area contributed by atoms with E-state index in [9.17, 15) is 9.90 Å². The van der Waals surface area contributed by atoms with Crippen molar-refractivity contribution in [3.05, 3.63) is 30.1 Å². The molecule has 0 bridgehead atoms. The van der Waals surface area contributed by atoms with Crippen LogP contribution in [0, 0.1) is 5.92 Å². The number of aliphatic hydroxyl groups excluding tert-OH is 1. The largest absolute Gasteiger partial charge is 0.393 e. The van der Waals surface area contributed by atoms with Gasteiger partial charge in [-0.3, -0.25) is 9.78 Å². The van der Waals surface area contributed by atoms with E-state index in [2.05, 4.69) is 10.3 Å². The fourth-order valence-electron chi connectivity index (χ4n) is 2.38. The molecule has 1 aromatic heterocycles. The highest BCUT2D eigenvalue weighted by Crippen LogP contribution is 2.24. The Morgan fingerprint density at radius 2 is 2.33 bits per heavy atom. The molecule has 4 nitrogen and oxygen atoms in total. The van der Waals surface area contributed by atoms with Crippen molar-refractivity contribution in [1.29, 1.82) is 0 Å². The van der Waals surface area contributed by atoms with Crippen molar-refractivity contribution in [3.8, 4) is 0 Å². The first-order valence-corrected chi connectivity index (χ1v) is 6.60. The molecule has 1 amide bonds. The Hall–Kier alpha value is -1.42. The molecule has 1 aliphatic rings. The first-order chi connectivity index (χ1) is 8.75. The Kier molecular flexibility index (Phi) is 4.70. The molecule has 1 aromatic rings. The Labute approximate surface area is 107 Å². The Morgan fingerprint density at radius 3 is 3.00 bits per heavy atom. The number of amides is 1. The van der Waals surface area contributed by atoms with E-state index < -0.39 is 0 Å². The molecule has 1 fully saturated rings. The summed E-state index contributed by atoms with van der Waals surface area (Å²) in [4.78, 5) is 15.8. The molecule has 0 aromatic carbocycles. The summed E-state index contributed by atoms with van der Waals surface area (Å²) in [5.41, 5.74) is 0.938. The highest BCUT2D eigenvalue weighted by Gasteiger charge is 2.25. The van der Waals surface area contributed by atoms with Gasteiger partial charge in [0, 0.05) is 30.8 Å². The molecule has 0 radical (unpaired) electrons. The van der Waals surface area contributed by atoms with Crippen molar-refractivity contribution in [3.63, 3.8) is 0 Å². The second kappa shape index (κ2) is 6.50. The SMILES string of the molecule is O=C(CCc1ccccn1)NCC1CCCC1O. The third kappa shape index (κ3) is 3.81. The van der Waals surface area contributed by atoms with Crippen molar-refractivity contribution < 1.29 is 9.90 Å². The smallest absolute Gasteiger partial charge is 0.220 e. The summed E-state index contributed by atoms with van der Waals surface area (Å²) in [5, 5.41) is 12.5. The molecular weight excluding hydrogens is 228 g/mol. The van der Waals surface area contributed by atoms with E-state index in [0.717, 1.165) is 25.0 Å². The fourth-order valence-corrected chi connectivity index (χ4v) is 2.38. The molecular formula is C14H20N2O2. The van der Waals surface area contributed by atoms with E-state index in [1.807, 2.05) is 18.2 Å². The van der Waals surface area contributed by atoms with Crippen LogP contribution in [-0.4, -0.2) is 28.6 Å². The van der Waals surface area contributed by atoms with Gasteiger partial charge in [-0.25, -0.2) is 0 Å². The van der Waals surface area contributed by atoms with Crippen LogP contribution in [0.5, 0.6) is 0 Å². The highest BCUT2D eigenvalue weighted by atomic mass is 16.3. The van der Waals surface area contributed by atoms with Gasteiger partial charge in [0.1, 0.15) is 0 Å². The first kappa shape index (κ1) is 13.0. The van der Waals surface area contributed by atoms with Crippen molar-refractivity contribution in [1.82, 2.24) is 10.3 Å². The molecule has 18 heavy (non-hydrogen) atoms. The number of aliphatic hydroxyl groups is 1. The third-order valence-electron chi connectivity index (χ3n) is 3.51. The number of nitrogens with zero attached hydrogens (tertiary/aromatic N) is 1. The number of hydrogen-bond acceptors (Lipinski definition) is 3. The lowest BCUT2D eigenvalue weighted by Crippen LogP contribution is -2.32. The molecule has 4 heteroatoms. The van der Waals surface area contributed by atoms with Crippen LogP contribution in [-0.2, 0) is 11.2 Å². The first-order valence-electron chi connectivity index (χ1n) is 6.60. The summed E-state index contributed by atoms with van der Waals surface area (Å²) in [6.07, 6.45) is 5.58. The van der Waals surface area contributed by atoms with Crippen LogP contribution in [0.2, 0.25) is 0 Å². The standard InChI is InChI=1S/C14H20N2O2/c17-13-6-3-4-11(13)10-16-14(18)8-7-12-5-1-2-9-15-12/h1-2,5,9,11,13,17H,3-4,6-8,10H2,(H,16,18). The molecule has 2 atom stereocenters. The molecule has 1 aliphatic carbocycles. The van der Waals surface area contributed by atoms with Gasteiger partial charge in [-0.15, -0.1) is 0 Å². The third-order valence-corrected chi connectivity index (χ3v) is 3.51. The average Bonchev–Trinajstić information content (AvgIpc) is 2.81. The van der Waals surface area contributed by atoms with Gasteiger partial charge < -0.3 is 10.4 Å². The van der Waals surface area contributed by atoms with E-state index in [1.165, 1.54) is 0 Å². The van der Waals surface area contributed by atoms with Crippen LogP contribution >= 0.6 is 0 Å². The van der Waals surface area contributed by atoms with Gasteiger partial charge in [-0.1, -0.05) is 12.5 Å². The van der Waals surface area contributed by atoms with Crippen LogP contribution in [0.25, 0.3) is 0 Å². The number of aromatic nitrogens is 1. The maximum absolute atomic E-state index is 11.7. The lowest BCUT2D eigenvalue weighted by atomic mass is 10.1. The van der Waals surface area contributed by atoms with Gasteiger partial charge in [0.25, 0.3) is 0 Å². The minimum absolute atomic E-state index is 0.0414. The van der Waals surface area contributed by atoms with E-state index in [4.69, 9.17) is 0 Å². The van der Waals surface area contributed by atoms with Crippen molar-refractivity contribution in [2.45, 2.75) is 38.2 Å². The molecule has 2 rings (SSSR count). The van der Waals surface area contributed by atoms with Crippen LogP contribution in [0.3, 0.4) is 0 Å².